The van der Waals surface area contributed by atoms with Crippen molar-refractivity contribution in [1.82, 2.24) is 15.2 Å². The third-order valence-corrected chi connectivity index (χ3v) is 5.12. The topological polar surface area (TPSA) is 132 Å². The molecule has 1 fully saturated rings. The maximum absolute atomic E-state index is 10.2. The maximum atomic E-state index is 10.2. The minimum absolute atomic E-state index is 0.495. The van der Waals surface area contributed by atoms with Crippen molar-refractivity contribution in [2.45, 2.75) is 37.4 Å². The van der Waals surface area contributed by atoms with Crippen LogP contribution in [0.4, 0.5) is 0 Å². The molecule has 8 heteroatoms. The number of rotatable bonds is 2. The number of aryl methyl sites for hydroxylation is 1. The van der Waals surface area contributed by atoms with Crippen LogP contribution in [-0.2, 0) is 4.74 Å². The second-order valence-corrected chi connectivity index (χ2v) is 7.07. The molecule has 0 saturated carbocycles. The van der Waals surface area contributed by atoms with Gasteiger partial charge >= 0.3 is 0 Å². The van der Waals surface area contributed by atoms with E-state index in [-0.39, 0.29) is 0 Å². The first-order valence-corrected chi connectivity index (χ1v) is 9.19. The van der Waals surface area contributed by atoms with E-state index in [0.29, 0.717) is 5.56 Å². The molecule has 4 unspecified atom stereocenters. The van der Waals surface area contributed by atoms with Crippen LogP contribution >= 0.6 is 0 Å². The van der Waals surface area contributed by atoms with Crippen molar-refractivity contribution in [3.05, 3.63) is 47.9 Å². The Labute approximate surface area is 166 Å². The first-order valence-electron chi connectivity index (χ1n) is 9.19. The lowest BCUT2D eigenvalue weighted by atomic mass is 9.95. The summed E-state index contributed by atoms with van der Waals surface area (Å²) in [5.74, 6) is 5.80. The minimum atomic E-state index is -1.46. The predicted molar refractivity (Wildman–Crippen MR) is 105 cm³/mol. The van der Waals surface area contributed by atoms with E-state index in [9.17, 15) is 20.4 Å². The first kappa shape index (κ1) is 19.5. The molecule has 0 radical (unpaired) electrons. The van der Waals surface area contributed by atoms with Crippen LogP contribution in [0.5, 0.6) is 0 Å². The van der Waals surface area contributed by atoms with Crippen LogP contribution in [0.3, 0.4) is 0 Å². The summed E-state index contributed by atoms with van der Waals surface area (Å²) in [6.45, 7) is 1.48. The van der Waals surface area contributed by atoms with Gasteiger partial charge in [-0.25, -0.2) is 0 Å². The number of pyridine rings is 1. The third-order valence-electron chi connectivity index (χ3n) is 5.12. The lowest BCUT2D eigenvalue weighted by molar-refractivity contribution is -0.214. The van der Waals surface area contributed by atoms with Gasteiger partial charge in [-0.05, 0) is 41.8 Å². The van der Waals surface area contributed by atoms with Crippen molar-refractivity contribution < 1.29 is 25.2 Å². The third kappa shape index (κ3) is 3.62. The number of aliphatic hydroxyl groups excluding tert-OH is 4. The number of nitrogens with zero attached hydrogens (tertiary/aromatic N) is 2. The smallest absolute Gasteiger partial charge is 0.147 e. The molecule has 29 heavy (non-hydrogen) atoms. The number of nitrogens with one attached hydrogen (secondary N) is 1. The second kappa shape index (κ2) is 7.91. The Morgan fingerprint density at radius 2 is 1.97 bits per heavy atom. The summed E-state index contributed by atoms with van der Waals surface area (Å²) in [6.07, 6.45) is -1.11. The van der Waals surface area contributed by atoms with E-state index in [1.54, 1.807) is 18.6 Å². The summed E-state index contributed by atoms with van der Waals surface area (Å²) < 4.78 is 5.46. The van der Waals surface area contributed by atoms with Gasteiger partial charge in [-0.3, -0.25) is 10.1 Å². The molecule has 4 rings (SSSR count). The number of H-pyrrole nitrogens is 1. The van der Waals surface area contributed by atoms with Gasteiger partial charge in [0.1, 0.15) is 30.5 Å². The number of aromatic amines is 1. The molecule has 1 aliphatic rings. The number of aliphatic hydroxyl groups is 4. The Kier molecular flexibility index (Phi) is 5.32. The van der Waals surface area contributed by atoms with Gasteiger partial charge in [0.2, 0.25) is 0 Å². The highest BCUT2D eigenvalue weighted by Gasteiger charge is 2.42. The molecule has 3 heterocycles. The van der Waals surface area contributed by atoms with E-state index in [1.165, 1.54) is 0 Å². The fraction of sp³-hybridized carbons (Fsp3) is 0.333. The van der Waals surface area contributed by atoms with Gasteiger partial charge in [-0.15, -0.1) is 0 Å². The molecule has 5 atom stereocenters. The number of aromatic nitrogens is 3. The summed E-state index contributed by atoms with van der Waals surface area (Å²) in [4.78, 5) is 4.12. The Morgan fingerprint density at radius 1 is 1.14 bits per heavy atom. The molecule has 0 aliphatic carbocycles. The average molecular weight is 395 g/mol. The zero-order valence-electron chi connectivity index (χ0n) is 15.6. The van der Waals surface area contributed by atoms with Crippen LogP contribution in [0.15, 0.2) is 36.8 Å². The number of hydrogen-bond acceptors (Lipinski definition) is 7. The maximum Gasteiger partial charge on any atom is 0.147 e. The van der Waals surface area contributed by atoms with Gasteiger partial charge in [-0.2, -0.15) is 5.10 Å². The van der Waals surface area contributed by atoms with Crippen molar-refractivity contribution in [1.29, 1.82) is 0 Å². The predicted octanol–water partition coefficient (Wildman–Crippen LogP) is 0.127. The lowest BCUT2D eigenvalue weighted by Gasteiger charge is -2.37. The molecular formula is C21H21N3O5. The molecule has 150 valence electrons. The fourth-order valence-electron chi connectivity index (χ4n) is 3.48. The van der Waals surface area contributed by atoms with Crippen LogP contribution in [-0.4, -0.2) is 72.7 Å². The molecule has 0 bridgehead atoms. The molecule has 3 aromatic rings. The molecule has 2 aromatic heterocycles. The van der Waals surface area contributed by atoms with Crippen molar-refractivity contribution in [2.75, 3.05) is 6.61 Å². The summed E-state index contributed by atoms with van der Waals surface area (Å²) in [6, 6.07) is 5.82. The Morgan fingerprint density at radius 3 is 2.72 bits per heavy atom. The number of hydrogen-bond donors (Lipinski definition) is 5. The van der Waals surface area contributed by atoms with Gasteiger partial charge < -0.3 is 25.2 Å². The van der Waals surface area contributed by atoms with Crippen LogP contribution in [0.25, 0.3) is 22.0 Å². The number of fused-ring (bicyclic) bond motifs is 1. The van der Waals surface area contributed by atoms with Gasteiger partial charge in [0.05, 0.1) is 23.9 Å². The van der Waals surface area contributed by atoms with Crippen molar-refractivity contribution in [3.63, 3.8) is 0 Å². The highest BCUT2D eigenvalue weighted by atomic mass is 16.5. The van der Waals surface area contributed by atoms with E-state index in [0.717, 1.165) is 27.6 Å². The van der Waals surface area contributed by atoms with Crippen molar-refractivity contribution in [3.8, 4) is 23.0 Å². The molecule has 1 aliphatic heterocycles. The van der Waals surface area contributed by atoms with Crippen molar-refractivity contribution >= 4 is 10.9 Å². The molecule has 0 spiro atoms. The van der Waals surface area contributed by atoms with E-state index in [4.69, 9.17) is 4.74 Å². The summed E-state index contributed by atoms with van der Waals surface area (Å²) in [5, 5.41) is 47.2. The largest absolute Gasteiger partial charge is 0.394 e. The zero-order chi connectivity index (χ0) is 20.5. The van der Waals surface area contributed by atoms with Crippen LogP contribution in [0, 0.1) is 18.8 Å². The van der Waals surface area contributed by atoms with E-state index >= 15 is 0 Å². The molecule has 1 aromatic carbocycles. The Bertz CT molecular complexity index is 1080. The Balaban J connectivity index is 1.74. The van der Waals surface area contributed by atoms with E-state index in [2.05, 4.69) is 27.0 Å². The SMILES string of the molecule is Cc1cnccc1-c1cc(C#CC2OC(CO)[C@@H](O)C(O)C2O)c2[nH]ncc2c1. The standard InChI is InChI=1S/C21H21N3O5/c1-11-8-22-5-4-15(11)13-6-12(18-14(7-13)9-23-24-18)2-3-16-19(26)21(28)20(27)17(10-25)29-16/h4-9,16-17,19-21,25-28H,10H2,1H3,(H,23,24)/t16?,17?,19?,20-,21?/m1/s1. The van der Waals surface area contributed by atoms with Gasteiger partial charge in [0, 0.05) is 17.8 Å². The van der Waals surface area contributed by atoms with Crippen molar-refractivity contribution in [2.24, 2.45) is 0 Å². The molecule has 5 N–H and O–H groups in total. The van der Waals surface area contributed by atoms with E-state index < -0.39 is 37.1 Å². The zero-order valence-corrected chi connectivity index (χ0v) is 15.6. The molecule has 8 nitrogen and oxygen atoms in total. The van der Waals surface area contributed by atoms with Gasteiger partial charge in [0.15, 0.2) is 0 Å². The lowest BCUT2D eigenvalue weighted by Crippen LogP contribution is -2.58. The van der Waals surface area contributed by atoms with Crippen LogP contribution in [0.1, 0.15) is 11.1 Å². The minimum Gasteiger partial charge on any atom is -0.394 e. The van der Waals surface area contributed by atoms with Crippen LogP contribution in [0.2, 0.25) is 0 Å². The first-order chi connectivity index (χ1) is 14.0. The van der Waals surface area contributed by atoms with Gasteiger partial charge in [-0.1, -0.05) is 11.8 Å². The summed E-state index contributed by atoms with van der Waals surface area (Å²) in [5.41, 5.74) is 4.35. The molecular weight excluding hydrogens is 374 g/mol. The quantitative estimate of drug-likeness (QED) is 0.390. The highest BCUT2D eigenvalue weighted by molar-refractivity contribution is 5.89. The Hall–Kier alpha value is -2.80. The molecule has 1 saturated heterocycles. The summed E-state index contributed by atoms with van der Waals surface area (Å²) >= 11 is 0. The monoisotopic (exact) mass is 395 g/mol. The van der Waals surface area contributed by atoms with E-state index in [1.807, 2.05) is 25.1 Å². The number of ether oxygens (including phenoxy) is 1. The second-order valence-electron chi connectivity index (χ2n) is 7.07. The van der Waals surface area contributed by atoms with Gasteiger partial charge in [0.25, 0.3) is 0 Å². The normalized spacial score (nSPS) is 26.9. The average Bonchev–Trinajstić information content (AvgIpc) is 3.20. The molecule has 0 amide bonds. The van der Waals surface area contributed by atoms with Crippen LogP contribution < -0.4 is 0 Å². The highest BCUT2D eigenvalue weighted by Crippen LogP contribution is 2.28. The summed E-state index contributed by atoms with van der Waals surface area (Å²) in [7, 11) is 0. The number of benzene rings is 1. The fourth-order valence-corrected chi connectivity index (χ4v) is 3.48.